The van der Waals surface area contributed by atoms with Crippen LogP contribution < -0.4 is 0 Å². The molecule has 0 aromatic heterocycles. The summed E-state index contributed by atoms with van der Waals surface area (Å²) in [6.45, 7) is 9.05. The molecule has 1 aliphatic heterocycles. The van der Waals surface area contributed by atoms with Gasteiger partial charge < -0.3 is 14.7 Å². The summed E-state index contributed by atoms with van der Waals surface area (Å²) >= 11 is 0. The van der Waals surface area contributed by atoms with Gasteiger partial charge in [-0.1, -0.05) is 19.4 Å². The highest BCUT2D eigenvalue weighted by Crippen LogP contribution is 2.32. The molecular formula is C21H32FNO3. The van der Waals surface area contributed by atoms with Crippen LogP contribution in [0.3, 0.4) is 0 Å². The summed E-state index contributed by atoms with van der Waals surface area (Å²) in [7, 11) is 0. The maximum absolute atomic E-state index is 13.8. The van der Waals surface area contributed by atoms with Crippen LogP contribution in [0.4, 0.5) is 9.18 Å². The molecule has 1 amide bonds. The van der Waals surface area contributed by atoms with Crippen molar-refractivity contribution in [1.29, 1.82) is 0 Å². The minimum absolute atomic E-state index is 0.115. The molecule has 0 spiro atoms. The van der Waals surface area contributed by atoms with Crippen molar-refractivity contribution in [2.45, 2.75) is 64.9 Å². The van der Waals surface area contributed by atoms with E-state index >= 15 is 0 Å². The number of carbonyl (C=O) groups is 1. The molecule has 1 aliphatic rings. The molecule has 0 bridgehead atoms. The van der Waals surface area contributed by atoms with Gasteiger partial charge in [-0.3, -0.25) is 0 Å². The van der Waals surface area contributed by atoms with Gasteiger partial charge in [0.25, 0.3) is 0 Å². The van der Waals surface area contributed by atoms with Gasteiger partial charge in [0.05, 0.1) is 0 Å². The van der Waals surface area contributed by atoms with Crippen LogP contribution in [-0.4, -0.2) is 41.4 Å². The van der Waals surface area contributed by atoms with Gasteiger partial charge in [-0.05, 0) is 75.1 Å². The monoisotopic (exact) mass is 365 g/mol. The maximum atomic E-state index is 13.8. The maximum Gasteiger partial charge on any atom is 0.410 e. The third-order valence-corrected chi connectivity index (χ3v) is 5.04. The standard InChI is InChI=1S/C21H32FNO3/c1-5-15(14-24)12-17-13-18(22)6-7-19(17)16-8-10-23(11-9-16)20(25)26-21(2,3)4/h6-7,13,15-16,24H,5,8-12,14H2,1-4H3. The molecule has 5 heteroatoms. The summed E-state index contributed by atoms with van der Waals surface area (Å²) in [5.41, 5.74) is 1.65. The second-order valence-corrected chi connectivity index (χ2v) is 8.25. The van der Waals surface area contributed by atoms with Crippen molar-refractivity contribution in [3.8, 4) is 0 Å². The van der Waals surface area contributed by atoms with Crippen LogP contribution in [0.25, 0.3) is 0 Å². The van der Waals surface area contributed by atoms with Gasteiger partial charge in [0.1, 0.15) is 11.4 Å². The number of ether oxygens (including phenoxy) is 1. The number of halogens is 1. The predicted molar refractivity (Wildman–Crippen MR) is 101 cm³/mol. The van der Waals surface area contributed by atoms with E-state index in [0.29, 0.717) is 25.4 Å². The lowest BCUT2D eigenvalue weighted by atomic mass is 9.83. The topological polar surface area (TPSA) is 49.8 Å². The normalized spacial score (nSPS) is 17.2. The molecule has 0 aliphatic carbocycles. The average Bonchev–Trinajstić information content (AvgIpc) is 2.58. The highest BCUT2D eigenvalue weighted by molar-refractivity contribution is 5.68. The number of carbonyl (C=O) groups excluding carboxylic acids is 1. The Kier molecular flexibility index (Phi) is 7.04. The molecule has 26 heavy (non-hydrogen) atoms. The number of benzene rings is 1. The van der Waals surface area contributed by atoms with E-state index in [9.17, 15) is 14.3 Å². The van der Waals surface area contributed by atoms with Gasteiger partial charge in [-0.25, -0.2) is 9.18 Å². The van der Waals surface area contributed by atoms with E-state index in [0.717, 1.165) is 30.4 Å². The van der Waals surface area contributed by atoms with E-state index in [2.05, 4.69) is 0 Å². The summed E-state index contributed by atoms with van der Waals surface area (Å²) < 4.78 is 19.2. The molecule has 1 aromatic rings. The van der Waals surface area contributed by atoms with Crippen molar-refractivity contribution < 1.29 is 19.0 Å². The Morgan fingerprint density at radius 3 is 2.54 bits per heavy atom. The number of hydrogen-bond acceptors (Lipinski definition) is 3. The molecule has 2 rings (SSSR count). The van der Waals surface area contributed by atoms with Gasteiger partial charge >= 0.3 is 6.09 Å². The highest BCUT2D eigenvalue weighted by atomic mass is 19.1. The van der Waals surface area contributed by atoms with E-state index in [1.807, 2.05) is 33.8 Å². The summed E-state index contributed by atoms with van der Waals surface area (Å²) in [5, 5.41) is 9.49. The first-order chi connectivity index (χ1) is 12.2. The Labute approximate surface area is 156 Å². The van der Waals surface area contributed by atoms with Crippen molar-refractivity contribution in [1.82, 2.24) is 4.90 Å². The number of aliphatic hydroxyl groups excluding tert-OH is 1. The lowest BCUT2D eigenvalue weighted by molar-refractivity contribution is 0.0204. The fraction of sp³-hybridized carbons (Fsp3) is 0.667. The van der Waals surface area contributed by atoms with E-state index < -0.39 is 5.60 Å². The molecule has 146 valence electrons. The lowest BCUT2D eigenvalue weighted by Gasteiger charge is -2.34. The molecule has 1 N–H and O–H groups in total. The lowest BCUT2D eigenvalue weighted by Crippen LogP contribution is -2.41. The summed E-state index contributed by atoms with van der Waals surface area (Å²) in [5.74, 6) is 0.223. The Bertz CT molecular complexity index is 600. The first kappa shape index (κ1) is 20.7. The Balaban J connectivity index is 2.06. The Hall–Kier alpha value is -1.62. The molecular weight excluding hydrogens is 333 g/mol. The summed E-state index contributed by atoms with van der Waals surface area (Å²) in [6, 6.07) is 5.00. The van der Waals surface area contributed by atoms with Crippen molar-refractivity contribution >= 4 is 6.09 Å². The second-order valence-electron chi connectivity index (χ2n) is 8.25. The van der Waals surface area contributed by atoms with Crippen LogP contribution in [0.1, 0.15) is 64.0 Å². The number of rotatable bonds is 5. The smallest absolute Gasteiger partial charge is 0.410 e. The third-order valence-electron chi connectivity index (χ3n) is 5.04. The summed E-state index contributed by atoms with van der Waals surface area (Å²) in [4.78, 5) is 14.0. The molecule has 1 atom stereocenters. The first-order valence-electron chi connectivity index (χ1n) is 9.60. The van der Waals surface area contributed by atoms with Crippen LogP contribution in [-0.2, 0) is 11.2 Å². The highest BCUT2D eigenvalue weighted by Gasteiger charge is 2.28. The van der Waals surface area contributed by atoms with Gasteiger partial charge in [-0.2, -0.15) is 0 Å². The number of amides is 1. The predicted octanol–water partition coefficient (Wildman–Crippen LogP) is 4.50. The van der Waals surface area contributed by atoms with Crippen LogP contribution in [0.15, 0.2) is 18.2 Å². The van der Waals surface area contributed by atoms with Crippen molar-refractivity contribution in [3.63, 3.8) is 0 Å². The molecule has 1 aromatic carbocycles. The molecule has 0 saturated carbocycles. The van der Waals surface area contributed by atoms with Gasteiger partial charge in [0, 0.05) is 19.7 Å². The van der Waals surface area contributed by atoms with Crippen LogP contribution >= 0.6 is 0 Å². The van der Waals surface area contributed by atoms with E-state index in [4.69, 9.17) is 4.74 Å². The van der Waals surface area contributed by atoms with Crippen LogP contribution in [0, 0.1) is 11.7 Å². The van der Waals surface area contributed by atoms with Crippen molar-refractivity contribution in [2.24, 2.45) is 5.92 Å². The average molecular weight is 365 g/mol. The van der Waals surface area contributed by atoms with Crippen molar-refractivity contribution in [2.75, 3.05) is 19.7 Å². The molecule has 1 fully saturated rings. The zero-order valence-corrected chi connectivity index (χ0v) is 16.4. The number of piperidine rings is 1. The van der Waals surface area contributed by atoms with E-state index in [-0.39, 0.29) is 24.4 Å². The number of likely N-dealkylation sites (tertiary alicyclic amines) is 1. The quantitative estimate of drug-likeness (QED) is 0.836. The number of aliphatic hydroxyl groups is 1. The third kappa shape index (κ3) is 5.70. The first-order valence-corrected chi connectivity index (χ1v) is 9.60. The minimum Gasteiger partial charge on any atom is -0.444 e. The van der Waals surface area contributed by atoms with Gasteiger partial charge in [0.2, 0.25) is 0 Å². The SMILES string of the molecule is CCC(CO)Cc1cc(F)ccc1C1CCN(C(=O)OC(C)(C)C)CC1. The van der Waals surface area contributed by atoms with Crippen LogP contribution in [0.2, 0.25) is 0 Å². The Morgan fingerprint density at radius 1 is 1.35 bits per heavy atom. The number of hydrogen-bond donors (Lipinski definition) is 1. The van der Waals surface area contributed by atoms with E-state index in [1.54, 1.807) is 11.0 Å². The molecule has 1 unspecified atom stereocenters. The zero-order valence-electron chi connectivity index (χ0n) is 16.4. The molecule has 0 radical (unpaired) electrons. The minimum atomic E-state index is -0.489. The fourth-order valence-electron chi connectivity index (χ4n) is 3.50. The van der Waals surface area contributed by atoms with Gasteiger partial charge in [0.15, 0.2) is 0 Å². The molecule has 1 saturated heterocycles. The Morgan fingerprint density at radius 2 is 2.00 bits per heavy atom. The zero-order chi connectivity index (χ0) is 19.3. The van der Waals surface area contributed by atoms with Crippen LogP contribution in [0.5, 0.6) is 0 Å². The van der Waals surface area contributed by atoms with E-state index in [1.165, 1.54) is 6.07 Å². The fourth-order valence-corrected chi connectivity index (χ4v) is 3.50. The molecule has 4 nitrogen and oxygen atoms in total. The van der Waals surface area contributed by atoms with Crippen molar-refractivity contribution in [3.05, 3.63) is 35.1 Å². The largest absolute Gasteiger partial charge is 0.444 e. The molecule has 1 heterocycles. The number of nitrogens with zero attached hydrogens (tertiary/aromatic N) is 1. The second kappa shape index (κ2) is 8.85. The van der Waals surface area contributed by atoms with Gasteiger partial charge in [-0.15, -0.1) is 0 Å². The summed E-state index contributed by atoms with van der Waals surface area (Å²) in [6.07, 6.45) is 2.97.